The second kappa shape index (κ2) is 9.79. The monoisotopic (exact) mass is 420 g/mol. The molecule has 1 fully saturated rings. The number of carbonyl (C=O) groups excluding carboxylic acids is 1. The maximum absolute atomic E-state index is 13.0. The molecule has 1 aliphatic rings. The van der Waals surface area contributed by atoms with E-state index >= 15 is 0 Å². The maximum Gasteiger partial charge on any atom is 0.254 e. The van der Waals surface area contributed by atoms with Crippen LogP contribution in [0.5, 0.6) is 5.75 Å². The molecule has 154 valence electrons. The molecule has 4 rings (SSSR count). The molecule has 3 aromatic carbocycles. The molecule has 5 heteroatoms. The lowest BCUT2D eigenvalue weighted by Gasteiger charge is -2.34. The van der Waals surface area contributed by atoms with Gasteiger partial charge in [0.15, 0.2) is 0 Å². The van der Waals surface area contributed by atoms with Crippen molar-refractivity contribution in [3.63, 3.8) is 0 Å². The number of rotatable bonds is 6. The highest BCUT2D eigenvalue weighted by molar-refractivity contribution is 6.31. The molecule has 0 spiro atoms. The van der Waals surface area contributed by atoms with E-state index in [0.29, 0.717) is 22.9 Å². The SMILES string of the molecule is O=C(c1cccc(OCc2ccccc2Cl)c1)N1CCN(Cc2ccccc2)CC1. The summed E-state index contributed by atoms with van der Waals surface area (Å²) in [5.41, 5.74) is 2.88. The van der Waals surface area contributed by atoms with E-state index in [-0.39, 0.29) is 5.91 Å². The number of nitrogens with zero attached hydrogens (tertiary/aromatic N) is 2. The average Bonchev–Trinajstić information content (AvgIpc) is 2.79. The summed E-state index contributed by atoms with van der Waals surface area (Å²) in [6, 6.07) is 25.5. The first-order valence-corrected chi connectivity index (χ1v) is 10.6. The van der Waals surface area contributed by atoms with E-state index in [1.807, 2.05) is 59.5 Å². The highest BCUT2D eigenvalue weighted by Gasteiger charge is 2.22. The standard InChI is InChI=1S/C25H25ClN2O2/c26-24-12-5-4-9-22(24)19-30-23-11-6-10-21(17-23)25(29)28-15-13-27(14-16-28)18-20-7-2-1-3-8-20/h1-12,17H,13-16,18-19H2. The number of benzene rings is 3. The van der Waals surface area contributed by atoms with Crippen LogP contribution in [0.15, 0.2) is 78.9 Å². The molecule has 4 nitrogen and oxygen atoms in total. The van der Waals surface area contributed by atoms with Crippen LogP contribution in [0.2, 0.25) is 5.02 Å². The normalized spacial score (nSPS) is 14.5. The van der Waals surface area contributed by atoms with E-state index in [0.717, 1.165) is 38.3 Å². The van der Waals surface area contributed by atoms with Crippen molar-refractivity contribution in [2.45, 2.75) is 13.2 Å². The Labute approximate surface area is 182 Å². The largest absolute Gasteiger partial charge is 0.489 e. The van der Waals surface area contributed by atoms with Crippen LogP contribution in [0.4, 0.5) is 0 Å². The molecular formula is C25H25ClN2O2. The van der Waals surface area contributed by atoms with Crippen molar-refractivity contribution in [3.8, 4) is 5.75 Å². The number of carbonyl (C=O) groups is 1. The third-order valence-electron chi connectivity index (χ3n) is 5.34. The van der Waals surface area contributed by atoms with Crippen LogP contribution in [0, 0.1) is 0 Å². The summed E-state index contributed by atoms with van der Waals surface area (Å²) in [7, 11) is 0. The number of hydrogen-bond acceptors (Lipinski definition) is 3. The molecule has 0 unspecified atom stereocenters. The van der Waals surface area contributed by atoms with Crippen LogP contribution in [0.25, 0.3) is 0 Å². The number of hydrogen-bond donors (Lipinski definition) is 0. The first kappa shape index (κ1) is 20.5. The zero-order valence-electron chi connectivity index (χ0n) is 16.8. The Morgan fingerprint density at radius 1 is 0.867 bits per heavy atom. The van der Waals surface area contributed by atoms with Gasteiger partial charge < -0.3 is 9.64 Å². The molecular weight excluding hydrogens is 396 g/mol. The van der Waals surface area contributed by atoms with Gasteiger partial charge in [0.1, 0.15) is 12.4 Å². The second-order valence-corrected chi connectivity index (χ2v) is 7.87. The van der Waals surface area contributed by atoms with Gasteiger partial charge in [0.25, 0.3) is 5.91 Å². The minimum atomic E-state index is 0.0533. The van der Waals surface area contributed by atoms with Gasteiger partial charge in [0, 0.05) is 48.9 Å². The molecule has 0 aromatic heterocycles. The molecule has 0 saturated carbocycles. The predicted molar refractivity (Wildman–Crippen MR) is 120 cm³/mol. The third-order valence-corrected chi connectivity index (χ3v) is 5.71. The third kappa shape index (κ3) is 5.21. The Morgan fingerprint density at radius 2 is 1.60 bits per heavy atom. The smallest absolute Gasteiger partial charge is 0.254 e. The van der Waals surface area contributed by atoms with E-state index in [9.17, 15) is 4.79 Å². The van der Waals surface area contributed by atoms with Gasteiger partial charge in [-0.15, -0.1) is 0 Å². The van der Waals surface area contributed by atoms with Crippen LogP contribution < -0.4 is 4.74 Å². The van der Waals surface area contributed by atoms with E-state index in [2.05, 4.69) is 29.2 Å². The lowest BCUT2D eigenvalue weighted by Crippen LogP contribution is -2.48. The lowest BCUT2D eigenvalue weighted by atomic mass is 10.1. The fraction of sp³-hybridized carbons (Fsp3) is 0.240. The Hall–Kier alpha value is -2.82. The van der Waals surface area contributed by atoms with Crippen LogP contribution in [0.3, 0.4) is 0 Å². The minimum Gasteiger partial charge on any atom is -0.489 e. The van der Waals surface area contributed by atoms with Crippen molar-refractivity contribution in [2.24, 2.45) is 0 Å². The molecule has 0 radical (unpaired) electrons. The van der Waals surface area contributed by atoms with E-state index in [1.165, 1.54) is 5.56 Å². The summed E-state index contributed by atoms with van der Waals surface area (Å²) in [6.45, 7) is 4.52. The van der Waals surface area contributed by atoms with Crippen molar-refractivity contribution in [1.82, 2.24) is 9.80 Å². The molecule has 1 aliphatic heterocycles. The van der Waals surface area contributed by atoms with Gasteiger partial charge in [0.05, 0.1) is 0 Å². The molecule has 0 N–H and O–H groups in total. The van der Waals surface area contributed by atoms with Crippen molar-refractivity contribution >= 4 is 17.5 Å². The van der Waals surface area contributed by atoms with Gasteiger partial charge in [-0.1, -0.05) is 66.2 Å². The molecule has 0 aliphatic carbocycles. The molecule has 3 aromatic rings. The van der Waals surface area contributed by atoms with Gasteiger partial charge in [-0.25, -0.2) is 0 Å². The van der Waals surface area contributed by atoms with Crippen LogP contribution in [0.1, 0.15) is 21.5 Å². The molecule has 30 heavy (non-hydrogen) atoms. The van der Waals surface area contributed by atoms with E-state index < -0.39 is 0 Å². The first-order valence-electron chi connectivity index (χ1n) is 10.2. The second-order valence-electron chi connectivity index (χ2n) is 7.46. The fourth-order valence-corrected chi connectivity index (χ4v) is 3.82. The Morgan fingerprint density at radius 3 is 2.37 bits per heavy atom. The zero-order chi connectivity index (χ0) is 20.8. The van der Waals surface area contributed by atoms with Crippen LogP contribution in [-0.2, 0) is 13.2 Å². The minimum absolute atomic E-state index is 0.0533. The summed E-state index contributed by atoms with van der Waals surface area (Å²) < 4.78 is 5.87. The van der Waals surface area contributed by atoms with Gasteiger partial charge in [-0.3, -0.25) is 9.69 Å². The Kier molecular flexibility index (Phi) is 6.67. The van der Waals surface area contributed by atoms with E-state index in [4.69, 9.17) is 16.3 Å². The summed E-state index contributed by atoms with van der Waals surface area (Å²) in [5.74, 6) is 0.723. The molecule has 0 atom stereocenters. The van der Waals surface area contributed by atoms with Gasteiger partial charge in [0.2, 0.25) is 0 Å². The highest BCUT2D eigenvalue weighted by atomic mass is 35.5. The van der Waals surface area contributed by atoms with Crippen molar-refractivity contribution in [1.29, 1.82) is 0 Å². The van der Waals surface area contributed by atoms with Gasteiger partial charge in [-0.05, 0) is 29.8 Å². The van der Waals surface area contributed by atoms with Crippen molar-refractivity contribution in [2.75, 3.05) is 26.2 Å². The highest BCUT2D eigenvalue weighted by Crippen LogP contribution is 2.20. The van der Waals surface area contributed by atoms with Gasteiger partial charge >= 0.3 is 0 Å². The van der Waals surface area contributed by atoms with Crippen LogP contribution in [-0.4, -0.2) is 41.9 Å². The topological polar surface area (TPSA) is 32.8 Å². The molecule has 1 amide bonds. The van der Waals surface area contributed by atoms with Crippen molar-refractivity contribution in [3.05, 3.63) is 101 Å². The first-order chi connectivity index (χ1) is 14.7. The number of amides is 1. The number of piperazine rings is 1. The summed E-state index contributed by atoms with van der Waals surface area (Å²) in [6.07, 6.45) is 0. The quantitative estimate of drug-likeness (QED) is 0.570. The summed E-state index contributed by atoms with van der Waals surface area (Å²) in [4.78, 5) is 17.3. The van der Waals surface area contributed by atoms with Gasteiger partial charge in [-0.2, -0.15) is 0 Å². The lowest BCUT2D eigenvalue weighted by molar-refractivity contribution is 0.0628. The van der Waals surface area contributed by atoms with Crippen LogP contribution >= 0.6 is 11.6 Å². The molecule has 1 heterocycles. The Balaban J connectivity index is 1.32. The number of ether oxygens (including phenoxy) is 1. The predicted octanol–water partition coefficient (Wildman–Crippen LogP) is 4.88. The van der Waals surface area contributed by atoms with Crippen molar-refractivity contribution < 1.29 is 9.53 Å². The fourth-order valence-electron chi connectivity index (χ4n) is 3.63. The number of halogens is 1. The maximum atomic E-state index is 13.0. The van der Waals surface area contributed by atoms with E-state index in [1.54, 1.807) is 0 Å². The molecule has 0 bridgehead atoms. The molecule has 1 saturated heterocycles. The summed E-state index contributed by atoms with van der Waals surface area (Å²) in [5, 5.41) is 0.679. The zero-order valence-corrected chi connectivity index (χ0v) is 17.6. The Bertz CT molecular complexity index is 985. The summed E-state index contributed by atoms with van der Waals surface area (Å²) >= 11 is 6.19. The average molecular weight is 421 g/mol.